The topological polar surface area (TPSA) is 26.3 Å². The number of carbonyl (C=O) groups is 1. The minimum absolute atomic E-state index is 0.112. The molecule has 0 aromatic heterocycles. The van der Waals surface area contributed by atoms with E-state index in [0.717, 1.165) is 0 Å². The Morgan fingerprint density at radius 3 is 2.22 bits per heavy atom. The number of hydrogen-bond acceptors (Lipinski definition) is 2. The van der Waals surface area contributed by atoms with Gasteiger partial charge in [0.1, 0.15) is 0 Å². The van der Waals surface area contributed by atoms with Gasteiger partial charge in [-0.1, -0.05) is 0 Å². The normalized spacial score (nSPS) is 11.1. The average molecular weight is 244 g/mol. The van der Waals surface area contributed by atoms with E-state index < -0.39 is 0 Å². The third kappa shape index (κ3) is 3.77. The molecule has 0 rings (SSSR count). The van der Waals surface area contributed by atoms with Crippen LogP contribution in [-0.2, 0) is 9.53 Å². The summed E-state index contributed by atoms with van der Waals surface area (Å²) >= 11 is 1.48. The first kappa shape index (κ1) is 9.26. The van der Waals surface area contributed by atoms with Crippen molar-refractivity contribution in [3.63, 3.8) is 0 Å². The van der Waals surface area contributed by atoms with E-state index in [1.54, 1.807) is 0 Å². The number of rotatable bonds is 2. The van der Waals surface area contributed by atoms with Crippen molar-refractivity contribution in [3.05, 3.63) is 0 Å². The maximum atomic E-state index is 10.9. The summed E-state index contributed by atoms with van der Waals surface area (Å²) in [6.07, 6.45) is 0. The van der Waals surface area contributed by atoms with Gasteiger partial charge in [-0.05, 0) is 0 Å². The SMILES string of the molecule is CCOC(=O)C(C)(C)[TeH]. The zero-order valence-electron chi connectivity index (χ0n) is 5.97. The van der Waals surface area contributed by atoms with Crippen LogP contribution in [0.2, 0.25) is 3.46 Å². The van der Waals surface area contributed by atoms with Crippen molar-refractivity contribution >= 4 is 28.3 Å². The van der Waals surface area contributed by atoms with Crippen LogP contribution < -0.4 is 0 Å². The molecule has 0 amide bonds. The fourth-order valence-electron chi connectivity index (χ4n) is 0.308. The molecule has 0 radical (unpaired) electrons. The summed E-state index contributed by atoms with van der Waals surface area (Å²) in [6, 6.07) is 0. The van der Waals surface area contributed by atoms with Gasteiger partial charge in [0.25, 0.3) is 0 Å². The monoisotopic (exact) mass is 246 g/mol. The van der Waals surface area contributed by atoms with Gasteiger partial charge in [0.05, 0.1) is 0 Å². The van der Waals surface area contributed by atoms with Gasteiger partial charge in [-0.25, -0.2) is 0 Å². The summed E-state index contributed by atoms with van der Waals surface area (Å²) in [5.74, 6) is -0.112. The van der Waals surface area contributed by atoms with Gasteiger partial charge in [-0.2, -0.15) is 0 Å². The first-order valence-electron chi connectivity index (χ1n) is 2.88. The van der Waals surface area contributed by atoms with Crippen LogP contribution in [0.1, 0.15) is 20.8 Å². The molecule has 0 fully saturated rings. The second-order valence-corrected chi connectivity index (χ2v) is 5.47. The van der Waals surface area contributed by atoms with Crippen molar-refractivity contribution < 1.29 is 9.53 Å². The van der Waals surface area contributed by atoms with Crippen LogP contribution in [0.5, 0.6) is 0 Å². The van der Waals surface area contributed by atoms with Crippen LogP contribution in [0.15, 0.2) is 0 Å². The van der Waals surface area contributed by atoms with Crippen LogP contribution >= 0.6 is 0 Å². The first-order chi connectivity index (χ1) is 3.98. The molecule has 2 nitrogen and oxygen atoms in total. The van der Waals surface area contributed by atoms with Crippen molar-refractivity contribution in [1.82, 2.24) is 0 Å². The summed E-state index contributed by atoms with van der Waals surface area (Å²) in [7, 11) is 0. The Morgan fingerprint density at radius 1 is 1.67 bits per heavy atom. The molecule has 0 heterocycles. The Hall–Kier alpha value is 0.260. The van der Waals surface area contributed by atoms with Crippen LogP contribution in [0.25, 0.3) is 0 Å². The summed E-state index contributed by atoms with van der Waals surface area (Å²) in [5, 5.41) is 0. The van der Waals surface area contributed by atoms with E-state index in [1.807, 2.05) is 20.8 Å². The second kappa shape index (κ2) is 3.43. The van der Waals surface area contributed by atoms with Crippen LogP contribution in [-0.4, -0.2) is 34.9 Å². The Morgan fingerprint density at radius 2 is 2.11 bits per heavy atom. The standard InChI is InChI=1S/C6H12O2Te/c1-4-8-5(7)6(2,3)9/h9H,4H2,1-3H3. The predicted octanol–water partition coefficient (Wildman–Crippen LogP) is 0.649. The van der Waals surface area contributed by atoms with Crippen molar-refractivity contribution in [2.45, 2.75) is 24.2 Å². The van der Waals surface area contributed by atoms with Crippen LogP contribution in [0.4, 0.5) is 0 Å². The molecule has 0 saturated carbocycles. The summed E-state index contributed by atoms with van der Waals surface area (Å²) in [6.45, 7) is 6.01. The van der Waals surface area contributed by atoms with E-state index in [0.29, 0.717) is 6.61 Å². The van der Waals surface area contributed by atoms with Gasteiger partial charge in [0, 0.05) is 0 Å². The van der Waals surface area contributed by atoms with Gasteiger partial charge in [-0.3, -0.25) is 0 Å². The molecule has 0 aromatic carbocycles. The maximum absolute atomic E-state index is 10.9. The average Bonchev–Trinajstić information content (AvgIpc) is 1.64. The zero-order valence-corrected chi connectivity index (χ0v) is 8.52. The molecule has 9 heavy (non-hydrogen) atoms. The zero-order chi connectivity index (χ0) is 7.49. The quantitative estimate of drug-likeness (QED) is 0.526. The van der Waals surface area contributed by atoms with Crippen molar-refractivity contribution in [2.24, 2.45) is 0 Å². The Kier molecular flexibility index (Phi) is 3.53. The first-order valence-corrected chi connectivity index (χ1v) is 4.15. The molecule has 0 aliphatic rings. The molecule has 0 aromatic rings. The molecule has 0 aliphatic carbocycles. The van der Waals surface area contributed by atoms with Crippen molar-refractivity contribution in [1.29, 1.82) is 0 Å². The predicted molar refractivity (Wildman–Crippen MR) is 37.8 cm³/mol. The minimum atomic E-state index is -0.301. The molecule has 54 valence electrons. The molecule has 0 spiro atoms. The molecule has 0 saturated heterocycles. The number of ether oxygens (including phenoxy) is 1. The third-order valence-electron chi connectivity index (χ3n) is 0.775. The van der Waals surface area contributed by atoms with E-state index >= 15 is 0 Å². The number of carbonyl (C=O) groups excluding carboxylic acids is 1. The number of hydrogen-bond donors (Lipinski definition) is 0. The fourth-order valence-corrected chi connectivity index (χ4v) is 0.492. The van der Waals surface area contributed by atoms with E-state index in [9.17, 15) is 4.79 Å². The summed E-state index contributed by atoms with van der Waals surface area (Å²) in [5.41, 5.74) is 0. The van der Waals surface area contributed by atoms with Crippen LogP contribution in [0, 0.1) is 0 Å². The molecular weight excluding hydrogens is 232 g/mol. The van der Waals surface area contributed by atoms with E-state index in [1.165, 1.54) is 22.3 Å². The molecule has 0 aliphatic heterocycles. The van der Waals surface area contributed by atoms with Gasteiger partial charge in [0.2, 0.25) is 0 Å². The summed E-state index contributed by atoms with van der Waals surface area (Å²) in [4.78, 5) is 10.9. The third-order valence-corrected chi connectivity index (χ3v) is 1.30. The molecule has 0 bridgehead atoms. The fraction of sp³-hybridized carbons (Fsp3) is 0.833. The Bertz CT molecular complexity index is 104. The molecule has 3 heteroatoms. The Balaban J connectivity index is 3.74. The molecule has 0 N–H and O–H groups in total. The van der Waals surface area contributed by atoms with Gasteiger partial charge < -0.3 is 0 Å². The van der Waals surface area contributed by atoms with E-state index in [2.05, 4.69) is 0 Å². The molecule has 0 atom stereocenters. The van der Waals surface area contributed by atoms with E-state index in [-0.39, 0.29) is 9.43 Å². The molecular formula is C6H12O2Te. The Labute approximate surface area is 68.9 Å². The van der Waals surface area contributed by atoms with Crippen molar-refractivity contribution in [2.75, 3.05) is 6.61 Å². The van der Waals surface area contributed by atoms with E-state index in [4.69, 9.17) is 4.74 Å². The summed E-state index contributed by atoms with van der Waals surface area (Å²) < 4.78 is 4.48. The number of esters is 1. The van der Waals surface area contributed by atoms with Crippen LogP contribution in [0.3, 0.4) is 0 Å². The van der Waals surface area contributed by atoms with Gasteiger partial charge in [0.15, 0.2) is 0 Å². The van der Waals surface area contributed by atoms with Gasteiger partial charge >= 0.3 is 68.6 Å². The van der Waals surface area contributed by atoms with Crippen molar-refractivity contribution in [3.8, 4) is 0 Å². The second-order valence-electron chi connectivity index (χ2n) is 2.28. The molecule has 0 unspecified atom stereocenters. The van der Waals surface area contributed by atoms with Gasteiger partial charge in [-0.15, -0.1) is 0 Å².